The molecule has 102 valence electrons. The summed E-state index contributed by atoms with van der Waals surface area (Å²) in [6, 6.07) is 3.72. The lowest BCUT2D eigenvalue weighted by molar-refractivity contribution is 0.164. The van der Waals surface area contributed by atoms with E-state index in [4.69, 9.17) is 9.88 Å². The van der Waals surface area contributed by atoms with Crippen LogP contribution in [0.25, 0.3) is 0 Å². The van der Waals surface area contributed by atoms with Crippen molar-refractivity contribution < 1.29 is 22.7 Å². The van der Waals surface area contributed by atoms with Gasteiger partial charge in [-0.3, -0.25) is 0 Å². The van der Waals surface area contributed by atoms with Crippen LogP contribution in [0.15, 0.2) is 18.2 Å². The summed E-state index contributed by atoms with van der Waals surface area (Å²) >= 11 is 0. The molecule has 1 unspecified atom stereocenters. The number of nitrogens with one attached hydrogen (secondary N) is 1. The summed E-state index contributed by atoms with van der Waals surface area (Å²) < 4.78 is 41.2. The Hall–Kier alpha value is -1.22. The molecule has 0 bridgehead atoms. The van der Waals surface area contributed by atoms with Crippen molar-refractivity contribution in [3.8, 4) is 5.75 Å². The minimum absolute atomic E-state index is 0.0273. The number of benzene rings is 1. The van der Waals surface area contributed by atoms with Crippen molar-refractivity contribution >= 4 is 10.2 Å². The summed E-state index contributed by atoms with van der Waals surface area (Å²) in [5, 5.41) is 14.6. The van der Waals surface area contributed by atoms with Gasteiger partial charge in [-0.1, -0.05) is 0 Å². The molecule has 6 nitrogen and oxygen atoms in total. The molecule has 0 fully saturated rings. The van der Waals surface area contributed by atoms with Gasteiger partial charge in [0.2, 0.25) is 0 Å². The van der Waals surface area contributed by atoms with E-state index in [9.17, 15) is 17.9 Å². The lowest BCUT2D eigenvalue weighted by Gasteiger charge is -2.14. The molecule has 0 saturated heterocycles. The molecular weight excluding hydrogens is 263 g/mol. The fourth-order valence-corrected chi connectivity index (χ4v) is 1.86. The molecule has 1 aromatic carbocycles. The van der Waals surface area contributed by atoms with Crippen LogP contribution in [0.3, 0.4) is 0 Å². The molecule has 0 saturated carbocycles. The van der Waals surface area contributed by atoms with Gasteiger partial charge in [-0.05, 0) is 18.6 Å². The molecule has 8 heteroatoms. The fourth-order valence-electron chi connectivity index (χ4n) is 1.45. The lowest BCUT2D eigenvalue weighted by Crippen LogP contribution is -2.32. The molecule has 1 atom stereocenters. The highest BCUT2D eigenvalue weighted by Gasteiger charge is 2.14. The fraction of sp³-hybridized carbons (Fsp3) is 0.400. The van der Waals surface area contributed by atoms with E-state index in [0.29, 0.717) is 5.56 Å². The smallest absolute Gasteiger partial charge is 0.274 e. The van der Waals surface area contributed by atoms with E-state index < -0.39 is 22.1 Å². The molecule has 18 heavy (non-hydrogen) atoms. The van der Waals surface area contributed by atoms with Gasteiger partial charge < -0.3 is 9.84 Å². The third-order valence-corrected chi connectivity index (χ3v) is 2.88. The Labute approximate surface area is 105 Å². The van der Waals surface area contributed by atoms with Crippen molar-refractivity contribution in [2.45, 2.75) is 12.5 Å². The zero-order valence-corrected chi connectivity index (χ0v) is 10.6. The van der Waals surface area contributed by atoms with Gasteiger partial charge in [0, 0.05) is 18.2 Å². The molecule has 0 heterocycles. The van der Waals surface area contributed by atoms with Crippen LogP contribution in [0.5, 0.6) is 5.75 Å². The molecule has 0 spiro atoms. The van der Waals surface area contributed by atoms with Crippen molar-refractivity contribution in [2.24, 2.45) is 5.14 Å². The second-order valence-corrected chi connectivity index (χ2v) is 5.01. The number of ether oxygens (including phenoxy) is 1. The largest absolute Gasteiger partial charge is 0.496 e. The van der Waals surface area contributed by atoms with Gasteiger partial charge in [-0.25, -0.2) is 14.3 Å². The zero-order chi connectivity index (χ0) is 13.8. The Morgan fingerprint density at radius 3 is 2.78 bits per heavy atom. The van der Waals surface area contributed by atoms with Crippen LogP contribution in [0, 0.1) is 5.82 Å². The molecule has 0 aliphatic carbocycles. The topological polar surface area (TPSA) is 102 Å². The van der Waals surface area contributed by atoms with E-state index in [1.165, 1.54) is 19.2 Å². The number of nitrogens with two attached hydrogens (primary N) is 1. The third kappa shape index (κ3) is 4.57. The van der Waals surface area contributed by atoms with Gasteiger partial charge in [0.15, 0.2) is 0 Å². The van der Waals surface area contributed by atoms with E-state index in [2.05, 4.69) is 0 Å². The van der Waals surface area contributed by atoms with E-state index in [1.54, 1.807) is 0 Å². The number of aliphatic hydroxyl groups is 1. The van der Waals surface area contributed by atoms with Gasteiger partial charge in [0.1, 0.15) is 11.6 Å². The summed E-state index contributed by atoms with van der Waals surface area (Å²) in [6.07, 6.45) is -0.881. The number of methoxy groups -OCH3 is 1. The van der Waals surface area contributed by atoms with Crippen molar-refractivity contribution in [2.75, 3.05) is 13.7 Å². The number of hydrogen-bond acceptors (Lipinski definition) is 4. The van der Waals surface area contributed by atoms with Gasteiger partial charge in [-0.2, -0.15) is 8.42 Å². The molecule has 1 rings (SSSR count). The number of rotatable bonds is 6. The summed E-state index contributed by atoms with van der Waals surface area (Å²) in [7, 11) is -2.42. The molecule has 0 aliphatic heterocycles. The number of hydrogen-bond donors (Lipinski definition) is 3. The van der Waals surface area contributed by atoms with Crippen LogP contribution in [0.4, 0.5) is 4.39 Å². The molecule has 0 amide bonds. The second-order valence-electron chi connectivity index (χ2n) is 3.63. The second kappa shape index (κ2) is 6.10. The van der Waals surface area contributed by atoms with Crippen LogP contribution in [0.1, 0.15) is 18.1 Å². The monoisotopic (exact) mass is 278 g/mol. The Bertz CT molecular complexity index is 507. The first-order valence-corrected chi connectivity index (χ1v) is 6.67. The van der Waals surface area contributed by atoms with Crippen LogP contribution < -0.4 is 14.6 Å². The Morgan fingerprint density at radius 2 is 2.22 bits per heavy atom. The van der Waals surface area contributed by atoms with E-state index in [-0.39, 0.29) is 18.7 Å². The van der Waals surface area contributed by atoms with Crippen molar-refractivity contribution in [1.82, 2.24) is 4.72 Å². The third-order valence-electron chi connectivity index (χ3n) is 2.28. The van der Waals surface area contributed by atoms with Crippen molar-refractivity contribution in [3.05, 3.63) is 29.6 Å². The van der Waals surface area contributed by atoms with E-state index in [1.807, 2.05) is 4.72 Å². The minimum Gasteiger partial charge on any atom is -0.496 e. The quantitative estimate of drug-likeness (QED) is 0.684. The molecule has 0 radical (unpaired) electrons. The maximum Gasteiger partial charge on any atom is 0.274 e. The minimum atomic E-state index is -3.78. The van der Waals surface area contributed by atoms with Crippen molar-refractivity contribution in [3.63, 3.8) is 0 Å². The first-order chi connectivity index (χ1) is 8.33. The molecule has 4 N–H and O–H groups in total. The predicted octanol–water partition coefficient (Wildman–Crippen LogP) is 0.0509. The average Bonchev–Trinajstić information content (AvgIpc) is 2.26. The first-order valence-electron chi connectivity index (χ1n) is 5.12. The Kier molecular flexibility index (Phi) is 5.03. The highest BCUT2D eigenvalue weighted by atomic mass is 32.2. The normalized spacial score (nSPS) is 13.3. The molecule has 1 aromatic rings. The molecule has 0 aliphatic rings. The first kappa shape index (κ1) is 14.8. The maximum absolute atomic E-state index is 12.9. The SMILES string of the molecule is COc1cc(F)ccc1C(O)CCNS(N)(=O)=O. The average molecular weight is 278 g/mol. The van der Waals surface area contributed by atoms with Gasteiger partial charge >= 0.3 is 0 Å². The van der Waals surface area contributed by atoms with Gasteiger partial charge in [-0.15, -0.1) is 0 Å². The summed E-state index contributed by atoms with van der Waals surface area (Å²) in [5.74, 6) is -0.274. The van der Waals surface area contributed by atoms with Gasteiger partial charge in [0.05, 0.1) is 13.2 Å². The van der Waals surface area contributed by atoms with E-state index in [0.717, 1.165) is 6.07 Å². The van der Waals surface area contributed by atoms with Crippen LogP contribution >= 0.6 is 0 Å². The summed E-state index contributed by atoms with van der Waals surface area (Å²) in [5.41, 5.74) is 0.384. The summed E-state index contributed by atoms with van der Waals surface area (Å²) in [4.78, 5) is 0. The highest BCUT2D eigenvalue weighted by molar-refractivity contribution is 7.87. The van der Waals surface area contributed by atoms with Crippen LogP contribution in [-0.2, 0) is 10.2 Å². The van der Waals surface area contributed by atoms with Gasteiger partial charge in [0.25, 0.3) is 10.2 Å². The summed E-state index contributed by atoms with van der Waals surface area (Å²) in [6.45, 7) is -0.0273. The zero-order valence-electron chi connectivity index (χ0n) is 9.76. The Morgan fingerprint density at radius 1 is 1.56 bits per heavy atom. The number of halogens is 1. The molecule has 0 aromatic heterocycles. The van der Waals surface area contributed by atoms with E-state index >= 15 is 0 Å². The molecular formula is C10H15FN2O4S. The van der Waals surface area contributed by atoms with Crippen molar-refractivity contribution in [1.29, 1.82) is 0 Å². The highest BCUT2D eigenvalue weighted by Crippen LogP contribution is 2.27. The Balaban J connectivity index is 2.69. The lowest BCUT2D eigenvalue weighted by atomic mass is 10.1. The maximum atomic E-state index is 12.9. The predicted molar refractivity (Wildman–Crippen MR) is 63.6 cm³/mol. The number of aliphatic hydroxyl groups excluding tert-OH is 1. The standard InChI is InChI=1S/C10H15FN2O4S/c1-17-10-6-7(11)2-3-8(10)9(14)4-5-13-18(12,15)16/h2-3,6,9,13-14H,4-5H2,1H3,(H2,12,15,16). The van der Waals surface area contributed by atoms with Crippen LogP contribution in [-0.4, -0.2) is 27.2 Å². The van der Waals surface area contributed by atoms with Crippen LogP contribution in [0.2, 0.25) is 0 Å².